The first-order valence-corrected chi connectivity index (χ1v) is 4.95. The summed E-state index contributed by atoms with van der Waals surface area (Å²) in [7, 11) is 0. The van der Waals surface area contributed by atoms with Gasteiger partial charge in [0.05, 0.1) is 0 Å². The van der Waals surface area contributed by atoms with E-state index >= 15 is 0 Å². The lowest BCUT2D eigenvalue weighted by atomic mass is 10.0. The second-order valence-corrected chi connectivity index (χ2v) is 4.34. The second kappa shape index (κ2) is 3.12. The van der Waals surface area contributed by atoms with Crippen molar-refractivity contribution in [2.75, 3.05) is 0 Å². The van der Waals surface area contributed by atoms with Crippen molar-refractivity contribution >= 4 is 5.91 Å². The molecule has 0 saturated heterocycles. The van der Waals surface area contributed by atoms with Crippen LogP contribution < -0.4 is 5.32 Å². The van der Waals surface area contributed by atoms with Crippen molar-refractivity contribution in [1.29, 1.82) is 0 Å². The first-order chi connectivity index (χ1) is 6.60. The van der Waals surface area contributed by atoms with E-state index < -0.39 is 0 Å². The fraction of sp³-hybridized carbons (Fsp3) is 0.417. The summed E-state index contributed by atoms with van der Waals surface area (Å²) < 4.78 is 0. The normalized spacial score (nSPS) is 39.9. The van der Waals surface area contributed by atoms with E-state index in [9.17, 15) is 4.79 Å². The Hall–Kier alpha value is -1.31. The third-order valence-electron chi connectivity index (χ3n) is 2.93. The molecule has 2 rings (SSSR count). The number of allylic oxidation sites excluding steroid dienone is 5. The van der Waals surface area contributed by atoms with Gasteiger partial charge < -0.3 is 5.32 Å². The third-order valence-corrected chi connectivity index (χ3v) is 2.93. The molecule has 0 spiro atoms. The molecule has 1 fully saturated rings. The van der Waals surface area contributed by atoms with Gasteiger partial charge in [-0.25, -0.2) is 0 Å². The summed E-state index contributed by atoms with van der Waals surface area (Å²) >= 11 is 0. The molecule has 2 unspecified atom stereocenters. The van der Waals surface area contributed by atoms with Crippen LogP contribution in [0.15, 0.2) is 36.1 Å². The molecule has 0 aromatic carbocycles. The predicted octanol–water partition coefficient (Wildman–Crippen LogP) is 2.16. The van der Waals surface area contributed by atoms with Crippen molar-refractivity contribution < 1.29 is 4.79 Å². The van der Waals surface area contributed by atoms with Crippen molar-refractivity contribution in [3.8, 4) is 0 Å². The van der Waals surface area contributed by atoms with Gasteiger partial charge in [0.25, 0.3) is 0 Å². The lowest BCUT2D eigenvalue weighted by molar-refractivity contribution is -0.118. The van der Waals surface area contributed by atoms with Crippen LogP contribution in [0.25, 0.3) is 0 Å². The zero-order valence-electron chi connectivity index (χ0n) is 8.58. The van der Waals surface area contributed by atoms with E-state index in [4.69, 9.17) is 0 Å². The lowest BCUT2D eigenvalue weighted by Crippen LogP contribution is -2.18. The molecule has 2 heteroatoms. The molecule has 2 atom stereocenters. The molecule has 0 radical (unpaired) electrons. The van der Waals surface area contributed by atoms with Crippen LogP contribution in [-0.2, 0) is 4.79 Å². The van der Waals surface area contributed by atoms with Crippen molar-refractivity contribution in [3.05, 3.63) is 36.1 Å². The highest BCUT2D eigenvalue weighted by molar-refractivity contribution is 5.75. The fourth-order valence-electron chi connectivity index (χ4n) is 1.81. The minimum Gasteiger partial charge on any atom is -0.326 e. The Morgan fingerprint density at radius 3 is 3.14 bits per heavy atom. The summed E-state index contributed by atoms with van der Waals surface area (Å²) in [5.41, 5.74) is 1.20. The van der Waals surface area contributed by atoms with E-state index in [1.165, 1.54) is 13.3 Å². The average Bonchev–Trinajstić information content (AvgIpc) is 2.69. The summed E-state index contributed by atoms with van der Waals surface area (Å²) in [6.45, 7) is 3.77. The molecule has 2 aliphatic carbocycles. The molecular weight excluding hydrogens is 174 g/mol. The highest BCUT2D eigenvalue weighted by Gasteiger charge is 2.45. The molecular formula is C12H15NO. The molecule has 1 amide bonds. The van der Waals surface area contributed by atoms with Gasteiger partial charge in [0, 0.05) is 12.6 Å². The summed E-state index contributed by atoms with van der Waals surface area (Å²) in [5, 5.41) is 2.79. The molecule has 0 aromatic heterocycles. The Kier molecular flexibility index (Phi) is 2.06. The summed E-state index contributed by atoms with van der Waals surface area (Å²) in [5.74, 6) is 0.668. The number of carbonyl (C=O) groups is 1. The second-order valence-electron chi connectivity index (χ2n) is 4.34. The summed E-state index contributed by atoms with van der Waals surface area (Å²) in [4.78, 5) is 10.9. The number of rotatable bonds is 1. The molecule has 2 nitrogen and oxygen atoms in total. The highest BCUT2D eigenvalue weighted by Crippen LogP contribution is 2.54. The molecule has 14 heavy (non-hydrogen) atoms. The maximum Gasteiger partial charge on any atom is 0.221 e. The van der Waals surface area contributed by atoms with Gasteiger partial charge in [-0.15, -0.1) is 0 Å². The van der Waals surface area contributed by atoms with Crippen LogP contribution in [0.4, 0.5) is 0 Å². The Balaban J connectivity index is 2.15. The first kappa shape index (κ1) is 9.25. The van der Waals surface area contributed by atoms with Crippen molar-refractivity contribution in [2.24, 2.45) is 11.3 Å². The minimum absolute atomic E-state index is 0.0210. The van der Waals surface area contributed by atoms with Crippen LogP contribution >= 0.6 is 0 Å². The van der Waals surface area contributed by atoms with Gasteiger partial charge in [0.15, 0.2) is 0 Å². The Labute approximate surface area is 84.4 Å². The minimum atomic E-state index is -0.0210. The van der Waals surface area contributed by atoms with E-state index in [-0.39, 0.29) is 5.91 Å². The fourth-order valence-corrected chi connectivity index (χ4v) is 1.81. The van der Waals surface area contributed by atoms with Gasteiger partial charge in [-0.1, -0.05) is 25.2 Å². The summed E-state index contributed by atoms with van der Waals surface area (Å²) in [6, 6.07) is 0. The molecule has 0 aromatic rings. The monoisotopic (exact) mass is 189 g/mol. The summed E-state index contributed by atoms with van der Waals surface area (Å²) in [6.07, 6.45) is 11.6. The smallest absolute Gasteiger partial charge is 0.221 e. The van der Waals surface area contributed by atoms with Gasteiger partial charge in [-0.05, 0) is 29.9 Å². The van der Waals surface area contributed by atoms with Gasteiger partial charge in [-0.3, -0.25) is 4.79 Å². The van der Waals surface area contributed by atoms with Crippen LogP contribution in [0, 0.1) is 11.3 Å². The SMILES string of the molecule is CC(=O)NC1=C/C=CC2CC2(C)/C=C\1. The van der Waals surface area contributed by atoms with Gasteiger partial charge in [0.1, 0.15) is 0 Å². The third kappa shape index (κ3) is 1.79. The first-order valence-electron chi connectivity index (χ1n) is 4.95. The van der Waals surface area contributed by atoms with E-state index in [1.807, 2.05) is 18.2 Å². The number of hydrogen-bond donors (Lipinski definition) is 1. The molecule has 1 N–H and O–H groups in total. The number of hydrogen-bond acceptors (Lipinski definition) is 1. The largest absolute Gasteiger partial charge is 0.326 e. The molecule has 0 aliphatic heterocycles. The number of nitrogens with one attached hydrogen (secondary N) is 1. The molecule has 0 heterocycles. The quantitative estimate of drug-likeness (QED) is 0.673. The lowest BCUT2D eigenvalue weighted by Gasteiger charge is -2.07. The maximum atomic E-state index is 10.9. The van der Waals surface area contributed by atoms with E-state index in [1.54, 1.807) is 0 Å². The van der Waals surface area contributed by atoms with Crippen LogP contribution in [0.5, 0.6) is 0 Å². The van der Waals surface area contributed by atoms with Gasteiger partial charge in [0.2, 0.25) is 5.91 Å². The highest BCUT2D eigenvalue weighted by atomic mass is 16.1. The van der Waals surface area contributed by atoms with Crippen molar-refractivity contribution in [3.63, 3.8) is 0 Å². The Morgan fingerprint density at radius 1 is 1.64 bits per heavy atom. The zero-order valence-corrected chi connectivity index (χ0v) is 8.58. The number of amides is 1. The van der Waals surface area contributed by atoms with Crippen LogP contribution in [0.3, 0.4) is 0 Å². The Morgan fingerprint density at radius 2 is 2.43 bits per heavy atom. The average molecular weight is 189 g/mol. The standard InChI is InChI=1S/C12H15NO/c1-9(14)13-11-5-3-4-10-8-12(10,2)7-6-11/h3-7,10H,8H2,1-2H3,(H,13,14)/b4-3?,7-6-,11-5+. The van der Waals surface area contributed by atoms with Gasteiger partial charge >= 0.3 is 0 Å². The van der Waals surface area contributed by atoms with Crippen molar-refractivity contribution in [1.82, 2.24) is 5.32 Å². The molecule has 74 valence electrons. The molecule has 2 aliphatic rings. The van der Waals surface area contributed by atoms with E-state index in [0.717, 1.165) is 5.70 Å². The zero-order chi connectivity index (χ0) is 10.2. The topological polar surface area (TPSA) is 29.1 Å². The number of carbonyl (C=O) groups excluding carboxylic acids is 1. The van der Waals surface area contributed by atoms with Crippen molar-refractivity contribution in [2.45, 2.75) is 20.3 Å². The molecule has 1 saturated carbocycles. The van der Waals surface area contributed by atoms with Crippen LogP contribution in [-0.4, -0.2) is 5.91 Å². The van der Waals surface area contributed by atoms with Gasteiger partial charge in [-0.2, -0.15) is 0 Å². The van der Waals surface area contributed by atoms with E-state index in [2.05, 4.69) is 24.4 Å². The van der Waals surface area contributed by atoms with Crippen LogP contribution in [0.2, 0.25) is 0 Å². The Bertz CT molecular complexity index is 351. The van der Waals surface area contributed by atoms with Crippen LogP contribution in [0.1, 0.15) is 20.3 Å². The maximum absolute atomic E-state index is 10.9. The molecule has 0 bridgehead atoms. The number of fused-ring (bicyclic) bond motifs is 1. The van der Waals surface area contributed by atoms with E-state index in [0.29, 0.717) is 11.3 Å². The predicted molar refractivity (Wildman–Crippen MR) is 56.4 cm³/mol.